The number of aromatic nitrogens is 1. The van der Waals surface area contributed by atoms with E-state index in [-0.39, 0.29) is 5.43 Å². The number of H-pyrrole nitrogens is 1. The highest BCUT2D eigenvalue weighted by atomic mass is 16.1. The molecule has 0 fully saturated rings. The van der Waals surface area contributed by atoms with Gasteiger partial charge in [0, 0.05) is 5.39 Å². The largest absolute Gasteiger partial charge is 0.310 e. The molecule has 1 heterocycles. The molecule has 0 aliphatic carbocycles. The van der Waals surface area contributed by atoms with Crippen LogP contribution in [0.2, 0.25) is 0 Å². The Kier molecular flexibility index (Phi) is 1.45. The van der Waals surface area contributed by atoms with Gasteiger partial charge in [0.2, 0.25) is 5.82 Å². The van der Waals surface area contributed by atoms with Crippen molar-refractivity contribution in [2.75, 3.05) is 0 Å². The molecule has 0 saturated heterocycles. The van der Waals surface area contributed by atoms with Crippen LogP contribution in [-0.4, -0.2) is 4.98 Å². The maximum Gasteiger partial charge on any atom is 0.204 e. The van der Waals surface area contributed by atoms with Crippen molar-refractivity contribution < 1.29 is 5.73 Å². The van der Waals surface area contributed by atoms with Crippen LogP contribution in [0.25, 0.3) is 10.9 Å². The Morgan fingerprint density at radius 2 is 2.00 bits per heavy atom. The van der Waals surface area contributed by atoms with Crippen molar-refractivity contribution in [2.45, 2.75) is 0 Å². The molecule has 0 bridgehead atoms. The first-order chi connectivity index (χ1) is 5.77. The Balaban J connectivity index is 2.99. The summed E-state index contributed by atoms with van der Waals surface area (Å²) < 4.78 is 0. The molecule has 0 aliphatic rings. The molecular weight excluding hydrogens is 152 g/mol. The van der Waals surface area contributed by atoms with E-state index in [1.165, 1.54) is 6.07 Å². The zero-order valence-electron chi connectivity index (χ0n) is 6.50. The molecule has 2 aromatic rings. The first-order valence-electron chi connectivity index (χ1n) is 3.71. The van der Waals surface area contributed by atoms with Crippen molar-refractivity contribution in [2.24, 2.45) is 0 Å². The SMILES string of the molecule is [NH3+]c1cc(=O)c2ccccc2[nH]1. The second kappa shape index (κ2) is 2.46. The van der Waals surface area contributed by atoms with E-state index in [1.54, 1.807) is 6.07 Å². The van der Waals surface area contributed by atoms with Crippen LogP contribution in [0.1, 0.15) is 0 Å². The normalized spacial score (nSPS) is 10.4. The molecule has 4 N–H and O–H groups in total. The van der Waals surface area contributed by atoms with E-state index in [9.17, 15) is 4.79 Å². The second-order valence-corrected chi connectivity index (χ2v) is 2.70. The fraction of sp³-hybridized carbons (Fsp3) is 0. The van der Waals surface area contributed by atoms with E-state index >= 15 is 0 Å². The molecule has 12 heavy (non-hydrogen) atoms. The quantitative estimate of drug-likeness (QED) is 0.577. The van der Waals surface area contributed by atoms with E-state index in [0.717, 1.165) is 5.52 Å². The third-order valence-electron chi connectivity index (χ3n) is 1.79. The van der Waals surface area contributed by atoms with Gasteiger partial charge in [0.05, 0.1) is 11.6 Å². The van der Waals surface area contributed by atoms with E-state index in [4.69, 9.17) is 0 Å². The van der Waals surface area contributed by atoms with Crippen LogP contribution in [0.15, 0.2) is 35.1 Å². The molecule has 2 rings (SSSR count). The summed E-state index contributed by atoms with van der Waals surface area (Å²) in [4.78, 5) is 14.4. The summed E-state index contributed by atoms with van der Waals surface area (Å²) in [5.41, 5.74) is 4.54. The second-order valence-electron chi connectivity index (χ2n) is 2.70. The number of hydrogen-bond donors (Lipinski definition) is 2. The van der Waals surface area contributed by atoms with Gasteiger partial charge >= 0.3 is 0 Å². The highest BCUT2D eigenvalue weighted by Crippen LogP contribution is 2.06. The van der Waals surface area contributed by atoms with Crippen LogP contribution in [0.4, 0.5) is 5.82 Å². The first-order valence-corrected chi connectivity index (χ1v) is 3.71. The zero-order valence-corrected chi connectivity index (χ0v) is 6.50. The number of nitrogens with one attached hydrogen (secondary N) is 1. The fourth-order valence-corrected chi connectivity index (χ4v) is 1.25. The third-order valence-corrected chi connectivity index (χ3v) is 1.79. The summed E-state index contributed by atoms with van der Waals surface area (Å²) in [6.07, 6.45) is 0. The maximum atomic E-state index is 11.3. The van der Waals surface area contributed by atoms with E-state index in [1.807, 2.05) is 18.2 Å². The van der Waals surface area contributed by atoms with Gasteiger partial charge in [-0.15, -0.1) is 0 Å². The molecule has 0 atom stereocenters. The number of hydrogen-bond acceptors (Lipinski definition) is 1. The predicted octanol–water partition coefficient (Wildman–Crippen LogP) is 0.401. The van der Waals surface area contributed by atoms with Gasteiger partial charge in [0.15, 0.2) is 5.43 Å². The fourth-order valence-electron chi connectivity index (χ4n) is 1.25. The smallest absolute Gasteiger partial charge is 0.204 e. The van der Waals surface area contributed by atoms with Crippen molar-refractivity contribution in [1.29, 1.82) is 0 Å². The van der Waals surface area contributed by atoms with Gasteiger partial charge in [0.25, 0.3) is 0 Å². The minimum atomic E-state index is 0.0225. The molecule has 0 unspecified atom stereocenters. The van der Waals surface area contributed by atoms with E-state index in [0.29, 0.717) is 11.2 Å². The number of aromatic amines is 1. The van der Waals surface area contributed by atoms with Crippen LogP contribution >= 0.6 is 0 Å². The average molecular weight is 161 g/mol. The number of quaternary nitrogens is 1. The lowest BCUT2D eigenvalue weighted by Gasteiger charge is -1.95. The molecule has 0 spiro atoms. The summed E-state index contributed by atoms with van der Waals surface area (Å²) in [5, 5.41) is 0.713. The lowest BCUT2D eigenvalue weighted by atomic mass is 10.2. The highest BCUT2D eigenvalue weighted by Gasteiger charge is 1.98. The van der Waals surface area contributed by atoms with Gasteiger partial charge in [-0.1, -0.05) is 12.1 Å². The van der Waals surface area contributed by atoms with Crippen molar-refractivity contribution in [3.05, 3.63) is 40.6 Å². The van der Waals surface area contributed by atoms with Crippen LogP contribution in [0, 0.1) is 0 Å². The minimum absolute atomic E-state index is 0.0225. The minimum Gasteiger partial charge on any atom is -0.310 e. The Morgan fingerprint density at radius 1 is 1.25 bits per heavy atom. The summed E-state index contributed by atoms with van der Waals surface area (Å²) in [6.45, 7) is 0. The summed E-state index contributed by atoms with van der Waals surface area (Å²) in [6, 6.07) is 8.90. The summed E-state index contributed by atoms with van der Waals surface area (Å²) in [7, 11) is 0. The monoisotopic (exact) mass is 161 g/mol. The number of rotatable bonds is 0. The van der Waals surface area contributed by atoms with Gasteiger partial charge in [0.1, 0.15) is 0 Å². The predicted molar refractivity (Wildman–Crippen MR) is 47.1 cm³/mol. The van der Waals surface area contributed by atoms with Crippen LogP contribution in [0.3, 0.4) is 0 Å². The topological polar surface area (TPSA) is 60.5 Å². The first kappa shape index (κ1) is 7.06. The molecule has 0 radical (unpaired) electrons. The zero-order chi connectivity index (χ0) is 8.55. The Bertz CT molecular complexity index is 473. The molecule has 1 aromatic heterocycles. The average Bonchev–Trinajstić information content (AvgIpc) is 2.04. The molecule has 3 nitrogen and oxygen atoms in total. The number of para-hydroxylation sites is 1. The highest BCUT2D eigenvalue weighted by molar-refractivity contribution is 5.78. The van der Waals surface area contributed by atoms with Gasteiger partial charge in [-0.2, -0.15) is 0 Å². The lowest BCUT2D eigenvalue weighted by Crippen LogP contribution is -2.42. The van der Waals surface area contributed by atoms with Gasteiger partial charge in [-0.25, -0.2) is 0 Å². The van der Waals surface area contributed by atoms with Crippen molar-refractivity contribution in [3.8, 4) is 0 Å². The van der Waals surface area contributed by atoms with Crippen LogP contribution < -0.4 is 11.2 Å². The van der Waals surface area contributed by atoms with E-state index in [2.05, 4.69) is 10.7 Å². The van der Waals surface area contributed by atoms with Crippen molar-refractivity contribution in [1.82, 2.24) is 4.98 Å². The van der Waals surface area contributed by atoms with Crippen LogP contribution in [0.5, 0.6) is 0 Å². The maximum absolute atomic E-state index is 11.3. The number of fused-ring (bicyclic) bond motifs is 1. The van der Waals surface area contributed by atoms with Crippen molar-refractivity contribution in [3.63, 3.8) is 0 Å². The molecule has 3 heteroatoms. The molecular formula is C9H9N2O+. The summed E-state index contributed by atoms with van der Waals surface area (Å²) in [5.74, 6) is 0.652. The Morgan fingerprint density at radius 3 is 2.83 bits per heavy atom. The molecule has 0 saturated carbocycles. The van der Waals surface area contributed by atoms with Crippen molar-refractivity contribution >= 4 is 16.7 Å². The molecule has 0 amide bonds. The third kappa shape index (κ3) is 1.00. The molecule has 60 valence electrons. The number of pyridine rings is 1. The summed E-state index contributed by atoms with van der Waals surface area (Å²) >= 11 is 0. The Labute approximate surface area is 68.8 Å². The van der Waals surface area contributed by atoms with E-state index < -0.39 is 0 Å². The van der Waals surface area contributed by atoms with Gasteiger partial charge < -0.3 is 10.7 Å². The standard InChI is InChI=1S/C9H8N2O/c10-9-5-8(12)6-3-1-2-4-7(6)11-9/h1-5H,(H3,10,11,12)/p+1. The molecule has 0 aliphatic heterocycles. The van der Waals surface area contributed by atoms with Gasteiger partial charge in [-0.3, -0.25) is 4.79 Å². The lowest BCUT2D eigenvalue weighted by molar-refractivity contribution is -0.260. The molecule has 1 aromatic carbocycles. The van der Waals surface area contributed by atoms with Gasteiger partial charge in [-0.05, 0) is 12.1 Å². The Hall–Kier alpha value is -1.61. The van der Waals surface area contributed by atoms with Crippen LogP contribution in [-0.2, 0) is 0 Å². The number of benzene rings is 1.